The predicted octanol–water partition coefficient (Wildman–Crippen LogP) is 7.95. The van der Waals surface area contributed by atoms with Crippen LogP contribution in [0.4, 0.5) is 0 Å². The van der Waals surface area contributed by atoms with Crippen LogP contribution < -0.4 is 9.47 Å². The van der Waals surface area contributed by atoms with Crippen molar-refractivity contribution in [2.24, 2.45) is 5.92 Å². The first-order valence-corrected chi connectivity index (χ1v) is 15.3. The van der Waals surface area contributed by atoms with Crippen LogP contribution in [0.1, 0.15) is 99.2 Å². The van der Waals surface area contributed by atoms with Crippen molar-refractivity contribution in [3.05, 3.63) is 95.1 Å². The minimum absolute atomic E-state index is 0. The molecule has 7 heteroatoms. The summed E-state index contributed by atoms with van der Waals surface area (Å²) in [6.07, 6.45) is 5.86. The van der Waals surface area contributed by atoms with Crippen molar-refractivity contribution in [1.29, 1.82) is 0 Å². The van der Waals surface area contributed by atoms with Crippen molar-refractivity contribution in [1.82, 2.24) is 4.90 Å². The molecule has 6 nitrogen and oxygen atoms in total. The normalized spacial score (nSPS) is 14.4. The van der Waals surface area contributed by atoms with Gasteiger partial charge in [0.05, 0.1) is 18.1 Å². The number of aliphatic hydroxyl groups is 1. The summed E-state index contributed by atoms with van der Waals surface area (Å²) >= 11 is 0. The molecule has 43 heavy (non-hydrogen) atoms. The second kappa shape index (κ2) is 16.6. The zero-order valence-electron chi connectivity index (χ0n) is 25.8. The summed E-state index contributed by atoms with van der Waals surface area (Å²) in [6, 6.07) is 23.1. The van der Waals surface area contributed by atoms with Gasteiger partial charge in [0.1, 0.15) is 11.5 Å². The Morgan fingerprint density at radius 1 is 0.860 bits per heavy atom. The van der Waals surface area contributed by atoms with Gasteiger partial charge < -0.3 is 14.6 Å². The minimum Gasteiger partial charge on any atom is -0.426 e. The Morgan fingerprint density at radius 2 is 1.51 bits per heavy atom. The van der Waals surface area contributed by atoms with Crippen molar-refractivity contribution >= 4 is 24.3 Å². The fourth-order valence-electron chi connectivity index (χ4n) is 6.00. The second-order valence-electron chi connectivity index (χ2n) is 11.9. The van der Waals surface area contributed by atoms with Crippen LogP contribution in [-0.4, -0.2) is 40.6 Å². The lowest BCUT2D eigenvalue weighted by Gasteiger charge is -2.32. The Kier molecular flexibility index (Phi) is 13.2. The maximum absolute atomic E-state index is 13.3. The zero-order chi connectivity index (χ0) is 30.1. The SMILES string of the molecule is CC(C)N(CC[C@H](c1ccccc1)c1cc(CO)ccc1OC(=O)c1ccc(OC(=O)C2CCCCC2)cc1)C(C)C.Cl. The third-order valence-electron chi connectivity index (χ3n) is 8.29. The lowest BCUT2D eigenvalue weighted by molar-refractivity contribution is -0.139. The highest BCUT2D eigenvalue weighted by Crippen LogP contribution is 2.36. The average Bonchev–Trinajstić information content (AvgIpc) is 3.00. The number of rotatable bonds is 12. The molecule has 4 rings (SSSR count). The third kappa shape index (κ3) is 9.40. The molecule has 0 aliphatic heterocycles. The lowest BCUT2D eigenvalue weighted by Crippen LogP contribution is -2.38. The van der Waals surface area contributed by atoms with E-state index in [9.17, 15) is 14.7 Å². The van der Waals surface area contributed by atoms with Gasteiger partial charge in [-0.05, 0) is 101 Å². The van der Waals surface area contributed by atoms with Gasteiger partial charge in [0.2, 0.25) is 0 Å². The largest absolute Gasteiger partial charge is 0.426 e. The molecule has 0 aromatic heterocycles. The summed E-state index contributed by atoms with van der Waals surface area (Å²) in [7, 11) is 0. The van der Waals surface area contributed by atoms with Gasteiger partial charge in [0, 0.05) is 23.6 Å². The van der Waals surface area contributed by atoms with E-state index in [1.54, 1.807) is 36.4 Å². The Bertz CT molecular complexity index is 1290. The Morgan fingerprint density at radius 3 is 2.12 bits per heavy atom. The van der Waals surface area contributed by atoms with Crippen LogP contribution in [0, 0.1) is 5.92 Å². The van der Waals surface area contributed by atoms with Gasteiger partial charge in [0.15, 0.2) is 0 Å². The maximum atomic E-state index is 13.3. The molecule has 0 unspecified atom stereocenters. The van der Waals surface area contributed by atoms with E-state index in [0.717, 1.165) is 55.3 Å². The Hall–Kier alpha value is -3.19. The first-order valence-electron chi connectivity index (χ1n) is 15.3. The molecule has 1 aliphatic carbocycles. The molecule has 1 atom stereocenters. The van der Waals surface area contributed by atoms with Crippen LogP contribution >= 0.6 is 12.4 Å². The number of carbonyl (C=O) groups is 2. The highest BCUT2D eigenvalue weighted by Gasteiger charge is 2.25. The zero-order valence-corrected chi connectivity index (χ0v) is 26.6. The molecule has 1 N–H and O–H groups in total. The summed E-state index contributed by atoms with van der Waals surface area (Å²) in [5.74, 6) is 0.130. The number of aliphatic hydroxyl groups excluding tert-OH is 1. The van der Waals surface area contributed by atoms with Crippen molar-refractivity contribution < 1.29 is 24.2 Å². The summed E-state index contributed by atoms with van der Waals surface area (Å²) in [4.78, 5) is 28.3. The van der Waals surface area contributed by atoms with E-state index < -0.39 is 5.97 Å². The molecule has 0 radical (unpaired) electrons. The number of ether oxygens (including phenoxy) is 2. The topological polar surface area (TPSA) is 76.1 Å². The van der Waals surface area contributed by atoms with E-state index in [1.165, 1.54) is 6.42 Å². The Labute approximate surface area is 262 Å². The number of hydrogen-bond donors (Lipinski definition) is 1. The van der Waals surface area contributed by atoms with Gasteiger partial charge in [-0.2, -0.15) is 0 Å². The predicted molar refractivity (Wildman–Crippen MR) is 173 cm³/mol. The molecule has 0 bridgehead atoms. The first kappa shape index (κ1) is 34.3. The van der Waals surface area contributed by atoms with Gasteiger partial charge >= 0.3 is 11.9 Å². The van der Waals surface area contributed by atoms with Gasteiger partial charge in [0.25, 0.3) is 0 Å². The second-order valence-corrected chi connectivity index (χ2v) is 11.9. The standard InChI is InChI=1S/C36H45NO5.ClH/c1-25(2)37(26(3)4)22-21-32(28-11-7-5-8-12-28)33-23-27(24-38)15-20-34(33)42-36(40)30-16-18-31(19-17-30)41-35(39)29-13-9-6-10-14-29;/h5,7-8,11-12,15-20,23,25-26,29,32,38H,6,9-10,13-14,21-22,24H2,1-4H3;1H/t32-;/m1./s1. The van der Waals surface area contributed by atoms with E-state index in [2.05, 4.69) is 44.7 Å². The first-order chi connectivity index (χ1) is 20.3. The fourth-order valence-corrected chi connectivity index (χ4v) is 6.00. The minimum atomic E-state index is -0.490. The number of halogens is 1. The number of hydrogen-bond acceptors (Lipinski definition) is 6. The van der Waals surface area contributed by atoms with Crippen LogP contribution in [0.3, 0.4) is 0 Å². The van der Waals surface area contributed by atoms with Crippen molar-refractivity contribution in [3.8, 4) is 11.5 Å². The van der Waals surface area contributed by atoms with Gasteiger partial charge in [-0.15, -0.1) is 12.4 Å². The van der Waals surface area contributed by atoms with Crippen molar-refractivity contribution in [2.75, 3.05) is 6.54 Å². The highest BCUT2D eigenvalue weighted by molar-refractivity contribution is 5.91. The molecule has 232 valence electrons. The molecule has 1 aliphatic rings. The smallest absolute Gasteiger partial charge is 0.343 e. The highest BCUT2D eigenvalue weighted by atomic mass is 35.5. The summed E-state index contributed by atoms with van der Waals surface area (Å²) < 4.78 is 11.6. The molecular formula is C36H46ClNO5. The van der Waals surface area contributed by atoms with E-state index in [4.69, 9.17) is 9.47 Å². The summed E-state index contributed by atoms with van der Waals surface area (Å²) in [5, 5.41) is 9.95. The number of nitrogens with zero attached hydrogens (tertiary/aromatic N) is 1. The van der Waals surface area contributed by atoms with E-state index in [-0.39, 0.29) is 36.8 Å². The lowest BCUT2D eigenvalue weighted by atomic mass is 9.86. The molecule has 0 heterocycles. The Balaban J connectivity index is 0.00000506. The van der Waals surface area contributed by atoms with Crippen LogP contribution in [0.25, 0.3) is 0 Å². The van der Waals surface area contributed by atoms with E-state index >= 15 is 0 Å². The molecule has 0 saturated heterocycles. The summed E-state index contributed by atoms with van der Waals surface area (Å²) in [6.45, 7) is 9.60. The molecule has 1 fully saturated rings. The van der Waals surface area contributed by atoms with E-state index in [1.807, 2.05) is 24.3 Å². The van der Waals surface area contributed by atoms with Gasteiger partial charge in [-0.3, -0.25) is 9.69 Å². The molecule has 0 amide bonds. The van der Waals surface area contributed by atoms with Crippen LogP contribution in [0.2, 0.25) is 0 Å². The number of carbonyl (C=O) groups excluding carboxylic acids is 2. The molecule has 1 saturated carbocycles. The van der Waals surface area contributed by atoms with Gasteiger partial charge in [-0.1, -0.05) is 55.7 Å². The summed E-state index contributed by atoms with van der Waals surface area (Å²) in [5.41, 5.74) is 3.12. The molecule has 3 aromatic rings. The molecule has 3 aromatic carbocycles. The van der Waals surface area contributed by atoms with E-state index in [0.29, 0.717) is 29.1 Å². The molecular weight excluding hydrogens is 562 g/mol. The van der Waals surface area contributed by atoms with Crippen molar-refractivity contribution in [2.45, 2.75) is 90.8 Å². The maximum Gasteiger partial charge on any atom is 0.343 e. The number of esters is 2. The molecule has 0 spiro atoms. The van der Waals surface area contributed by atoms with Crippen molar-refractivity contribution in [3.63, 3.8) is 0 Å². The van der Waals surface area contributed by atoms with Crippen LogP contribution in [0.5, 0.6) is 11.5 Å². The van der Waals surface area contributed by atoms with Crippen LogP contribution in [-0.2, 0) is 11.4 Å². The quantitative estimate of drug-likeness (QED) is 0.166. The monoisotopic (exact) mass is 607 g/mol. The average molecular weight is 608 g/mol. The van der Waals surface area contributed by atoms with Gasteiger partial charge in [-0.25, -0.2) is 4.79 Å². The third-order valence-corrected chi connectivity index (χ3v) is 8.29. The fraction of sp³-hybridized carbons (Fsp3) is 0.444. The number of benzene rings is 3. The van der Waals surface area contributed by atoms with Crippen LogP contribution in [0.15, 0.2) is 72.8 Å².